The molecule has 0 spiro atoms. The van der Waals surface area contributed by atoms with Crippen LogP contribution in [0, 0.1) is 0 Å². The van der Waals surface area contributed by atoms with E-state index in [9.17, 15) is 4.79 Å². The number of methoxy groups -OCH3 is 1. The average Bonchev–Trinajstić information content (AvgIpc) is 2.36. The molecule has 1 rings (SSSR count). The van der Waals surface area contributed by atoms with Crippen molar-refractivity contribution >= 4 is 11.8 Å². The maximum absolute atomic E-state index is 12.1. The van der Waals surface area contributed by atoms with Crippen LogP contribution in [0.4, 0.5) is 4.79 Å². The molecule has 0 aliphatic carbocycles. The van der Waals surface area contributed by atoms with Crippen LogP contribution in [0.3, 0.4) is 0 Å². The van der Waals surface area contributed by atoms with Gasteiger partial charge >= 0.3 is 6.09 Å². The van der Waals surface area contributed by atoms with Crippen LogP contribution in [0.2, 0.25) is 0 Å². The van der Waals surface area contributed by atoms with Gasteiger partial charge in [-0.2, -0.15) is 0 Å². The second-order valence-corrected chi connectivity index (χ2v) is 5.32. The molecule has 0 atom stereocenters. The second kappa shape index (κ2) is 6.98. The number of carbonyl (C=O) groups is 1. The molecule has 0 saturated heterocycles. The van der Waals surface area contributed by atoms with E-state index in [0.717, 1.165) is 0 Å². The van der Waals surface area contributed by atoms with E-state index in [-0.39, 0.29) is 0 Å². The molecule has 0 fully saturated rings. The van der Waals surface area contributed by atoms with Crippen molar-refractivity contribution in [2.24, 2.45) is 5.16 Å². The fraction of sp³-hybridized carbons (Fsp3) is 0.571. The predicted octanol–water partition coefficient (Wildman–Crippen LogP) is 2.33. The SMILES string of the molecule is C=CCO/N=C1\C=C(OC)CN(C(=O)OC(C)(C)C)C1. The largest absolute Gasteiger partial charge is 0.499 e. The first-order chi connectivity index (χ1) is 9.35. The summed E-state index contributed by atoms with van der Waals surface area (Å²) in [6.07, 6.45) is 2.94. The van der Waals surface area contributed by atoms with Crippen LogP contribution >= 0.6 is 0 Å². The molecule has 1 amide bonds. The third-order valence-electron chi connectivity index (χ3n) is 2.32. The number of ether oxygens (including phenoxy) is 2. The van der Waals surface area contributed by atoms with Crippen molar-refractivity contribution in [2.45, 2.75) is 26.4 Å². The van der Waals surface area contributed by atoms with E-state index in [2.05, 4.69) is 11.7 Å². The highest BCUT2D eigenvalue weighted by molar-refractivity contribution is 5.99. The molecule has 0 aromatic rings. The van der Waals surface area contributed by atoms with Crippen molar-refractivity contribution < 1.29 is 19.1 Å². The molecule has 6 nitrogen and oxygen atoms in total. The van der Waals surface area contributed by atoms with Gasteiger partial charge in [0.15, 0.2) is 0 Å². The third kappa shape index (κ3) is 5.34. The van der Waals surface area contributed by atoms with Gasteiger partial charge in [-0.3, -0.25) is 4.90 Å². The van der Waals surface area contributed by atoms with Gasteiger partial charge in [0, 0.05) is 6.08 Å². The van der Waals surface area contributed by atoms with Gasteiger partial charge in [-0.25, -0.2) is 4.79 Å². The molecule has 1 aliphatic heterocycles. The number of hydrogen-bond donors (Lipinski definition) is 0. The predicted molar refractivity (Wildman–Crippen MR) is 76.5 cm³/mol. The Bertz CT molecular complexity index is 421. The normalized spacial score (nSPS) is 17.5. The highest BCUT2D eigenvalue weighted by atomic mass is 16.6. The lowest BCUT2D eigenvalue weighted by Crippen LogP contribution is -2.43. The van der Waals surface area contributed by atoms with Crippen molar-refractivity contribution in [1.29, 1.82) is 0 Å². The zero-order chi connectivity index (χ0) is 15.2. The zero-order valence-electron chi connectivity index (χ0n) is 12.5. The number of carbonyl (C=O) groups excluding carboxylic acids is 1. The summed E-state index contributed by atoms with van der Waals surface area (Å²) in [5.41, 5.74) is 0.0584. The highest BCUT2D eigenvalue weighted by Crippen LogP contribution is 2.14. The minimum atomic E-state index is -0.540. The van der Waals surface area contributed by atoms with Gasteiger partial charge in [0.05, 0.1) is 20.2 Å². The molecule has 112 valence electrons. The maximum Gasteiger partial charge on any atom is 0.411 e. The lowest BCUT2D eigenvalue weighted by Gasteiger charge is -2.29. The van der Waals surface area contributed by atoms with Crippen molar-refractivity contribution in [3.05, 3.63) is 24.5 Å². The van der Waals surface area contributed by atoms with E-state index in [0.29, 0.717) is 31.2 Å². The van der Waals surface area contributed by atoms with Crippen molar-refractivity contribution in [2.75, 3.05) is 26.8 Å². The van der Waals surface area contributed by atoms with Crippen LogP contribution in [-0.2, 0) is 14.3 Å². The Morgan fingerprint density at radius 3 is 2.75 bits per heavy atom. The first kappa shape index (κ1) is 16.1. The minimum absolute atomic E-state index is 0.312. The van der Waals surface area contributed by atoms with Crippen molar-refractivity contribution in [1.82, 2.24) is 4.90 Å². The van der Waals surface area contributed by atoms with Crippen LogP contribution in [-0.4, -0.2) is 49.1 Å². The third-order valence-corrected chi connectivity index (χ3v) is 2.32. The number of rotatable bonds is 4. The Balaban J connectivity index is 2.76. The number of nitrogens with zero attached hydrogens (tertiary/aromatic N) is 2. The summed E-state index contributed by atoms with van der Waals surface area (Å²) in [4.78, 5) is 18.6. The summed E-state index contributed by atoms with van der Waals surface area (Å²) in [7, 11) is 1.55. The Hall–Kier alpha value is -1.98. The highest BCUT2D eigenvalue weighted by Gasteiger charge is 2.27. The molecule has 1 heterocycles. The zero-order valence-corrected chi connectivity index (χ0v) is 12.5. The van der Waals surface area contributed by atoms with Crippen LogP contribution in [0.1, 0.15) is 20.8 Å². The molecule has 20 heavy (non-hydrogen) atoms. The monoisotopic (exact) mass is 282 g/mol. The summed E-state index contributed by atoms with van der Waals surface area (Å²) in [6, 6.07) is 0. The maximum atomic E-state index is 12.1. The molecule has 6 heteroatoms. The lowest BCUT2D eigenvalue weighted by molar-refractivity contribution is 0.0264. The molecule has 0 bridgehead atoms. The van der Waals surface area contributed by atoms with Crippen LogP contribution in [0.15, 0.2) is 29.6 Å². The number of amides is 1. The van der Waals surface area contributed by atoms with Gasteiger partial charge < -0.3 is 14.3 Å². The standard InChI is InChI=1S/C14H22N2O4/c1-6-7-19-15-11-8-12(18-5)10-16(9-11)13(17)20-14(2,3)4/h6,8H,1,7,9-10H2,2-5H3/b15-11+. The molecular formula is C14H22N2O4. The second-order valence-electron chi connectivity index (χ2n) is 5.32. The smallest absolute Gasteiger partial charge is 0.411 e. The molecule has 0 N–H and O–H groups in total. The van der Waals surface area contributed by atoms with E-state index < -0.39 is 11.7 Å². The number of oxime groups is 1. The van der Waals surface area contributed by atoms with Crippen LogP contribution < -0.4 is 0 Å². The fourth-order valence-electron chi connectivity index (χ4n) is 1.52. The Morgan fingerprint density at radius 2 is 2.20 bits per heavy atom. The minimum Gasteiger partial charge on any atom is -0.499 e. The number of hydrogen-bond acceptors (Lipinski definition) is 5. The van der Waals surface area contributed by atoms with Gasteiger partial charge in [0.2, 0.25) is 0 Å². The Morgan fingerprint density at radius 1 is 1.50 bits per heavy atom. The molecular weight excluding hydrogens is 260 g/mol. The first-order valence-electron chi connectivity index (χ1n) is 6.38. The quantitative estimate of drug-likeness (QED) is 0.451. The van der Waals surface area contributed by atoms with Gasteiger partial charge in [-0.15, -0.1) is 0 Å². The Kier molecular flexibility index (Phi) is 5.61. The fourth-order valence-corrected chi connectivity index (χ4v) is 1.52. The van der Waals surface area contributed by atoms with Crippen molar-refractivity contribution in [3.8, 4) is 0 Å². The van der Waals surface area contributed by atoms with Gasteiger partial charge in [0.25, 0.3) is 0 Å². The van der Waals surface area contributed by atoms with Crippen molar-refractivity contribution in [3.63, 3.8) is 0 Å². The van der Waals surface area contributed by atoms with E-state index in [1.807, 2.05) is 20.8 Å². The van der Waals surface area contributed by atoms with Gasteiger partial charge in [-0.1, -0.05) is 17.8 Å². The molecule has 0 unspecified atom stereocenters. The summed E-state index contributed by atoms with van der Waals surface area (Å²) in [6.45, 7) is 9.99. The first-order valence-corrected chi connectivity index (χ1v) is 6.38. The van der Waals surface area contributed by atoms with Crippen LogP contribution in [0.5, 0.6) is 0 Å². The van der Waals surface area contributed by atoms with E-state index in [1.54, 1.807) is 19.3 Å². The summed E-state index contributed by atoms with van der Waals surface area (Å²) in [5.74, 6) is 0.628. The molecule has 1 aliphatic rings. The Labute approximate surface area is 119 Å². The van der Waals surface area contributed by atoms with E-state index in [4.69, 9.17) is 14.3 Å². The average molecular weight is 282 g/mol. The van der Waals surface area contributed by atoms with Crippen LogP contribution in [0.25, 0.3) is 0 Å². The van der Waals surface area contributed by atoms with Gasteiger partial charge in [0.1, 0.15) is 23.7 Å². The van der Waals surface area contributed by atoms with Gasteiger partial charge in [-0.05, 0) is 20.8 Å². The molecule has 0 saturated carbocycles. The molecule has 0 radical (unpaired) electrons. The molecule has 0 aromatic carbocycles. The van der Waals surface area contributed by atoms with E-state index >= 15 is 0 Å². The van der Waals surface area contributed by atoms with E-state index in [1.165, 1.54) is 4.90 Å². The lowest BCUT2D eigenvalue weighted by atomic mass is 10.2. The summed E-state index contributed by atoms with van der Waals surface area (Å²) >= 11 is 0. The topological polar surface area (TPSA) is 60.4 Å². The molecule has 0 aromatic heterocycles. The summed E-state index contributed by atoms with van der Waals surface area (Å²) < 4.78 is 10.5. The summed E-state index contributed by atoms with van der Waals surface area (Å²) in [5, 5.41) is 3.94.